The van der Waals surface area contributed by atoms with Gasteiger partial charge in [0.2, 0.25) is 0 Å². The van der Waals surface area contributed by atoms with E-state index in [1.54, 1.807) is 12.1 Å². The molecule has 0 atom stereocenters. The molecule has 1 saturated heterocycles. The molecule has 0 radical (unpaired) electrons. The molecule has 0 saturated carbocycles. The van der Waals surface area contributed by atoms with Crippen molar-refractivity contribution in [2.75, 3.05) is 32.0 Å². The average molecular weight is 296 g/mol. The van der Waals surface area contributed by atoms with Crippen LogP contribution < -0.4 is 10.6 Å². The molecule has 2 rings (SSSR count). The Labute approximate surface area is 125 Å². The van der Waals surface area contributed by atoms with Crippen LogP contribution in [0.25, 0.3) is 0 Å². The molecule has 1 aromatic rings. The Morgan fingerprint density at radius 2 is 2.15 bits per heavy atom. The summed E-state index contributed by atoms with van der Waals surface area (Å²) in [6.07, 6.45) is 3.37. The van der Waals surface area contributed by atoms with Crippen LogP contribution in [-0.2, 0) is 0 Å². The summed E-state index contributed by atoms with van der Waals surface area (Å²) >= 11 is 5.91. The van der Waals surface area contributed by atoms with E-state index < -0.39 is 0 Å². The van der Waals surface area contributed by atoms with Crippen LogP contribution >= 0.6 is 11.6 Å². The second-order valence-corrected chi connectivity index (χ2v) is 5.70. The number of carbonyl (C=O) groups is 1. The van der Waals surface area contributed by atoms with E-state index in [2.05, 4.69) is 10.6 Å². The number of hydrogen-bond acceptors (Lipinski definition) is 2. The third-order valence-electron chi connectivity index (χ3n) is 3.78. The summed E-state index contributed by atoms with van der Waals surface area (Å²) in [6.45, 7) is 2.72. The van der Waals surface area contributed by atoms with E-state index in [9.17, 15) is 4.79 Å². The lowest BCUT2D eigenvalue weighted by Crippen LogP contribution is -2.41. The van der Waals surface area contributed by atoms with Gasteiger partial charge in [-0.3, -0.25) is 0 Å². The maximum atomic E-state index is 12.2. The van der Waals surface area contributed by atoms with Crippen LogP contribution in [0, 0.1) is 5.92 Å². The number of piperidine rings is 1. The molecule has 0 bridgehead atoms. The van der Waals surface area contributed by atoms with Crippen LogP contribution in [0.1, 0.15) is 19.3 Å². The van der Waals surface area contributed by atoms with Gasteiger partial charge in [-0.25, -0.2) is 4.79 Å². The number of hydrogen-bond donors (Lipinski definition) is 2. The molecule has 20 heavy (non-hydrogen) atoms. The predicted octanol–water partition coefficient (Wildman–Crippen LogP) is 3.19. The number of nitrogens with zero attached hydrogens (tertiary/aromatic N) is 1. The molecule has 2 amide bonds. The van der Waals surface area contributed by atoms with Gasteiger partial charge in [-0.15, -0.1) is 0 Å². The van der Waals surface area contributed by atoms with Gasteiger partial charge in [0.1, 0.15) is 0 Å². The molecule has 1 aliphatic rings. The lowest BCUT2D eigenvalue weighted by Gasteiger charge is -2.32. The Balaban J connectivity index is 1.80. The molecule has 1 heterocycles. The molecule has 2 N–H and O–H groups in total. The summed E-state index contributed by atoms with van der Waals surface area (Å²) in [5.41, 5.74) is 0.750. The van der Waals surface area contributed by atoms with Gasteiger partial charge < -0.3 is 15.5 Å². The van der Waals surface area contributed by atoms with Crippen LogP contribution in [-0.4, -0.2) is 37.6 Å². The van der Waals surface area contributed by atoms with Crippen molar-refractivity contribution in [2.45, 2.75) is 19.3 Å². The summed E-state index contributed by atoms with van der Waals surface area (Å²) in [5.74, 6) is 0.734. The van der Waals surface area contributed by atoms with E-state index >= 15 is 0 Å². The SMILES string of the molecule is CNCCC1CCN(C(=O)Nc2cccc(Cl)c2)CC1. The van der Waals surface area contributed by atoms with Crippen molar-refractivity contribution in [2.24, 2.45) is 5.92 Å². The summed E-state index contributed by atoms with van der Waals surface area (Å²) in [6, 6.07) is 7.22. The van der Waals surface area contributed by atoms with E-state index in [-0.39, 0.29) is 6.03 Å². The third kappa shape index (κ3) is 4.39. The van der Waals surface area contributed by atoms with Crippen molar-refractivity contribution in [1.82, 2.24) is 10.2 Å². The summed E-state index contributed by atoms with van der Waals surface area (Å²) in [5, 5.41) is 6.72. The van der Waals surface area contributed by atoms with Gasteiger partial charge in [0.25, 0.3) is 0 Å². The fraction of sp³-hybridized carbons (Fsp3) is 0.533. The van der Waals surface area contributed by atoms with Crippen LogP contribution in [0.3, 0.4) is 0 Å². The second kappa shape index (κ2) is 7.50. The van der Waals surface area contributed by atoms with Crippen molar-refractivity contribution >= 4 is 23.3 Å². The Hall–Kier alpha value is -1.26. The zero-order valence-electron chi connectivity index (χ0n) is 11.9. The smallest absolute Gasteiger partial charge is 0.321 e. The molecule has 0 unspecified atom stereocenters. The van der Waals surface area contributed by atoms with Crippen LogP contribution in [0.15, 0.2) is 24.3 Å². The number of benzene rings is 1. The number of anilines is 1. The van der Waals surface area contributed by atoms with E-state index in [1.807, 2.05) is 24.1 Å². The molecule has 1 aromatic carbocycles. The maximum absolute atomic E-state index is 12.2. The molecule has 1 aliphatic heterocycles. The second-order valence-electron chi connectivity index (χ2n) is 5.26. The third-order valence-corrected chi connectivity index (χ3v) is 4.02. The van der Waals surface area contributed by atoms with Crippen molar-refractivity contribution in [3.05, 3.63) is 29.3 Å². The van der Waals surface area contributed by atoms with Gasteiger partial charge >= 0.3 is 6.03 Å². The highest BCUT2D eigenvalue weighted by Crippen LogP contribution is 2.21. The average Bonchev–Trinajstić information content (AvgIpc) is 2.45. The summed E-state index contributed by atoms with van der Waals surface area (Å²) in [7, 11) is 1.98. The molecule has 0 aromatic heterocycles. The topological polar surface area (TPSA) is 44.4 Å². The van der Waals surface area contributed by atoms with Crippen molar-refractivity contribution < 1.29 is 4.79 Å². The van der Waals surface area contributed by atoms with Crippen LogP contribution in [0.5, 0.6) is 0 Å². The molecule has 110 valence electrons. The lowest BCUT2D eigenvalue weighted by atomic mass is 9.94. The Morgan fingerprint density at radius 1 is 1.40 bits per heavy atom. The van der Waals surface area contributed by atoms with Gasteiger partial charge in [0, 0.05) is 23.8 Å². The number of amides is 2. The minimum atomic E-state index is -0.0284. The first-order valence-electron chi connectivity index (χ1n) is 7.15. The minimum Gasteiger partial charge on any atom is -0.325 e. The highest BCUT2D eigenvalue weighted by molar-refractivity contribution is 6.30. The predicted molar refractivity (Wildman–Crippen MR) is 83.3 cm³/mol. The first kappa shape index (κ1) is 15.1. The van der Waals surface area contributed by atoms with Gasteiger partial charge in [-0.05, 0) is 57.0 Å². The Morgan fingerprint density at radius 3 is 2.80 bits per heavy atom. The quantitative estimate of drug-likeness (QED) is 0.896. The number of rotatable bonds is 4. The number of nitrogens with one attached hydrogen (secondary N) is 2. The number of likely N-dealkylation sites (tertiary alicyclic amines) is 1. The first-order valence-corrected chi connectivity index (χ1v) is 7.53. The van der Waals surface area contributed by atoms with Crippen LogP contribution in [0.4, 0.5) is 10.5 Å². The Kier molecular flexibility index (Phi) is 5.68. The molecule has 0 spiro atoms. The van der Waals surface area contributed by atoms with Gasteiger partial charge in [0.15, 0.2) is 0 Å². The van der Waals surface area contributed by atoms with E-state index in [0.29, 0.717) is 5.02 Å². The monoisotopic (exact) mass is 295 g/mol. The standard InChI is InChI=1S/C15H22ClN3O/c1-17-8-5-12-6-9-19(10-7-12)15(20)18-14-4-2-3-13(16)11-14/h2-4,11-12,17H,5-10H2,1H3,(H,18,20). The number of carbonyl (C=O) groups excluding carboxylic acids is 1. The van der Waals surface area contributed by atoms with Crippen molar-refractivity contribution in [3.63, 3.8) is 0 Å². The molecule has 4 nitrogen and oxygen atoms in total. The molecular formula is C15H22ClN3O. The van der Waals surface area contributed by atoms with E-state index in [0.717, 1.165) is 44.1 Å². The van der Waals surface area contributed by atoms with Crippen LogP contribution in [0.2, 0.25) is 5.02 Å². The minimum absolute atomic E-state index is 0.0284. The molecule has 1 fully saturated rings. The zero-order chi connectivity index (χ0) is 14.4. The lowest BCUT2D eigenvalue weighted by molar-refractivity contribution is 0.180. The zero-order valence-corrected chi connectivity index (χ0v) is 12.6. The van der Waals surface area contributed by atoms with Gasteiger partial charge in [-0.1, -0.05) is 17.7 Å². The molecule has 5 heteroatoms. The summed E-state index contributed by atoms with van der Waals surface area (Å²) < 4.78 is 0. The highest BCUT2D eigenvalue weighted by atomic mass is 35.5. The number of halogens is 1. The number of urea groups is 1. The van der Waals surface area contributed by atoms with Gasteiger partial charge in [-0.2, -0.15) is 0 Å². The molecule has 0 aliphatic carbocycles. The van der Waals surface area contributed by atoms with E-state index in [4.69, 9.17) is 11.6 Å². The van der Waals surface area contributed by atoms with E-state index in [1.165, 1.54) is 6.42 Å². The Bertz CT molecular complexity index is 444. The normalized spacial score (nSPS) is 16.2. The summed E-state index contributed by atoms with van der Waals surface area (Å²) in [4.78, 5) is 14.0. The largest absolute Gasteiger partial charge is 0.325 e. The van der Waals surface area contributed by atoms with Crippen molar-refractivity contribution in [3.8, 4) is 0 Å². The molecular weight excluding hydrogens is 274 g/mol. The first-order chi connectivity index (χ1) is 9.69. The highest BCUT2D eigenvalue weighted by Gasteiger charge is 2.22. The van der Waals surface area contributed by atoms with Gasteiger partial charge in [0.05, 0.1) is 0 Å². The fourth-order valence-electron chi connectivity index (χ4n) is 2.54. The maximum Gasteiger partial charge on any atom is 0.321 e. The fourth-order valence-corrected chi connectivity index (χ4v) is 2.73. The van der Waals surface area contributed by atoms with Crippen molar-refractivity contribution in [1.29, 1.82) is 0 Å².